The molecule has 1 N–H and O–H groups in total. The van der Waals surface area contributed by atoms with E-state index in [9.17, 15) is 14.9 Å². The standard InChI is InChI=1S/C23H22N4O4/c1-4-26-19-8-6-5-7-17(19)18-13-16(10-11-20(18)26)25-23(28)15(3)31-21-12-9-14(2)24-22(21)27(29)30/h5-13,15H,4H2,1-3H3,(H,25,28). The number of aryl methyl sites for hydroxylation is 2. The number of nitrogens with one attached hydrogen (secondary N) is 1. The van der Waals surface area contributed by atoms with Crippen molar-refractivity contribution in [3.63, 3.8) is 0 Å². The number of anilines is 1. The van der Waals surface area contributed by atoms with Crippen LogP contribution >= 0.6 is 0 Å². The minimum absolute atomic E-state index is 0.0419. The van der Waals surface area contributed by atoms with Crippen molar-refractivity contribution in [3.8, 4) is 5.75 Å². The number of nitro groups is 1. The summed E-state index contributed by atoms with van der Waals surface area (Å²) in [6.07, 6.45) is -0.948. The maximum absolute atomic E-state index is 12.7. The van der Waals surface area contributed by atoms with Crippen molar-refractivity contribution in [2.75, 3.05) is 5.32 Å². The Morgan fingerprint density at radius 1 is 1.16 bits per heavy atom. The predicted octanol–water partition coefficient (Wildman–Crippen LogP) is 4.83. The van der Waals surface area contributed by atoms with Gasteiger partial charge in [-0.05, 0) is 60.2 Å². The minimum atomic E-state index is -0.948. The van der Waals surface area contributed by atoms with Crippen LogP contribution in [0.25, 0.3) is 21.8 Å². The van der Waals surface area contributed by atoms with Crippen molar-refractivity contribution in [3.05, 3.63) is 70.4 Å². The van der Waals surface area contributed by atoms with Crippen LogP contribution in [0.15, 0.2) is 54.6 Å². The summed E-state index contributed by atoms with van der Waals surface area (Å²) < 4.78 is 7.78. The highest BCUT2D eigenvalue weighted by Crippen LogP contribution is 2.31. The van der Waals surface area contributed by atoms with E-state index in [4.69, 9.17) is 4.74 Å². The van der Waals surface area contributed by atoms with Gasteiger partial charge in [-0.2, -0.15) is 0 Å². The number of benzene rings is 2. The molecule has 1 unspecified atom stereocenters. The number of hydrogen-bond donors (Lipinski definition) is 1. The van der Waals surface area contributed by atoms with E-state index in [0.29, 0.717) is 11.4 Å². The molecule has 2 aromatic heterocycles. The van der Waals surface area contributed by atoms with Gasteiger partial charge < -0.3 is 24.7 Å². The van der Waals surface area contributed by atoms with Gasteiger partial charge in [0.2, 0.25) is 5.75 Å². The Morgan fingerprint density at radius 3 is 2.65 bits per heavy atom. The van der Waals surface area contributed by atoms with E-state index in [1.165, 1.54) is 6.07 Å². The van der Waals surface area contributed by atoms with Gasteiger partial charge in [0, 0.05) is 41.0 Å². The number of fused-ring (bicyclic) bond motifs is 3. The van der Waals surface area contributed by atoms with Crippen LogP contribution in [0.2, 0.25) is 0 Å². The number of aromatic nitrogens is 2. The van der Waals surface area contributed by atoms with E-state index in [0.717, 1.165) is 28.4 Å². The lowest BCUT2D eigenvalue weighted by Gasteiger charge is -2.14. The van der Waals surface area contributed by atoms with E-state index >= 15 is 0 Å². The van der Waals surface area contributed by atoms with E-state index in [1.807, 2.05) is 30.3 Å². The van der Waals surface area contributed by atoms with Gasteiger partial charge in [0.25, 0.3) is 5.91 Å². The summed E-state index contributed by atoms with van der Waals surface area (Å²) in [6.45, 7) is 6.13. The van der Waals surface area contributed by atoms with Gasteiger partial charge in [0.15, 0.2) is 6.10 Å². The molecular formula is C23H22N4O4. The second kappa shape index (κ2) is 8.06. The first-order chi connectivity index (χ1) is 14.9. The molecule has 1 amide bonds. The second-order valence-electron chi connectivity index (χ2n) is 7.27. The maximum atomic E-state index is 12.7. The molecule has 0 fully saturated rings. The largest absolute Gasteiger partial charge is 0.473 e. The Morgan fingerprint density at radius 2 is 1.90 bits per heavy atom. The first-order valence-corrected chi connectivity index (χ1v) is 9.99. The summed E-state index contributed by atoms with van der Waals surface area (Å²) in [4.78, 5) is 27.2. The van der Waals surface area contributed by atoms with Crippen molar-refractivity contribution in [2.24, 2.45) is 0 Å². The normalized spacial score (nSPS) is 12.1. The monoisotopic (exact) mass is 418 g/mol. The molecule has 0 aliphatic heterocycles. The summed E-state index contributed by atoms with van der Waals surface area (Å²) in [6, 6.07) is 17.0. The lowest BCUT2D eigenvalue weighted by molar-refractivity contribution is -0.390. The number of rotatable bonds is 6. The fourth-order valence-electron chi connectivity index (χ4n) is 3.71. The summed E-state index contributed by atoms with van der Waals surface area (Å²) in [5.41, 5.74) is 3.35. The molecule has 158 valence electrons. The third-order valence-electron chi connectivity index (χ3n) is 5.18. The van der Waals surface area contributed by atoms with Crippen LogP contribution in [0.3, 0.4) is 0 Å². The van der Waals surface area contributed by atoms with Crippen molar-refractivity contribution in [2.45, 2.75) is 33.4 Å². The predicted molar refractivity (Wildman–Crippen MR) is 119 cm³/mol. The Hall–Kier alpha value is -3.94. The highest BCUT2D eigenvalue weighted by Gasteiger charge is 2.23. The van der Waals surface area contributed by atoms with Crippen LogP contribution < -0.4 is 10.1 Å². The zero-order valence-electron chi connectivity index (χ0n) is 17.5. The number of carbonyl (C=O) groups is 1. The number of carbonyl (C=O) groups excluding carboxylic acids is 1. The van der Waals surface area contributed by atoms with Gasteiger partial charge in [0.05, 0.1) is 0 Å². The maximum Gasteiger partial charge on any atom is 0.406 e. The van der Waals surface area contributed by atoms with E-state index < -0.39 is 22.8 Å². The van der Waals surface area contributed by atoms with Gasteiger partial charge in [-0.25, -0.2) is 0 Å². The molecule has 0 saturated heterocycles. The number of para-hydroxylation sites is 1. The molecule has 31 heavy (non-hydrogen) atoms. The third kappa shape index (κ3) is 3.79. The number of nitrogens with zero attached hydrogens (tertiary/aromatic N) is 3. The molecule has 0 aliphatic carbocycles. The average Bonchev–Trinajstić information content (AvgIpc) is 3.07. The van der Waals surface area contributed by atoms with Crippen LogP contribution in [0.4, 0.5) is 11.5 Å². The van der Waals surface area contributed by atoms with Crippen LogP contribution in [0.5, 0.6) is 5.75 Å². The first kappa shape index (κ1) is 20.3. The smallest absolute Gasteiger partial charge is 0.406 e. The van der Waals surface area contributed by atoms with Crippen LogP contribution in [0, 0.1) is 17.0 Å². The molecular weight excluding hydrogens is 396 g/mol. The summed E-state index contributed by atoms with van der Waals surface area (Å²) in [5.74, 6) is -0.860. The highest BCUT2D eigenvalue weighted by molar-refractivity contribution is 6.10. The fraction of sp³-hybridized carbons (Fsp3) is 0.217. The Balaban J connectivity index is 1.59. The molecule has 4 aromatic rings. The van der Waals surface area contributed by atoms with Gasteiger partial charge in [0.1, 0.15) is 5.69 Å². The molecule has 4 rings (SSSR count). The molecule has 0 radical (unpaired) electrons. The topological polar surface area (TPSA) is 99.3 Å². The number of ether oxygens (including phenoxy) is 1. The molecule has 0 aliphatic rings. The van der Waals surface area contributed by atoms with Crippen molar-refractivity contribution in [1.82, 2.24) is 9.55 Å². The van der Waals surface area contributed by atoms with Gasteiger partial charge in [-0.15, -0.1) is 0 Å². The zero-order valence-corrected chi connectivity index (χ0v) is 17.5. The SMILES string of the molecule is CCn1c2ccccc2c2cc(NC(=O)C(C)Oc3ccc(C)nc3[N+](=O)[O-])ccc21. The minimum Gasteiger partial charge on any atom is -0.473 e. The van der Waals surface area contributed by atoms with Crippen molar-refractivity contribution < 1.29 is 14.5 Å². The van der Waals surface area contributed by atoms with E-state index in [-0.39, 0.29) is 5.75 Å². The Bertz CT molecular complexity index is 1310. The van der Waals surface area contributed by atoms with E-state index in [1.54, 1.807) is 19.9 Å². The van der Waals surface area contributed by atoms with Crippen LogP contribution in [-0.4, -0.2) is 26.5 Å². The summed E-state index contributed by atoms with van der Waals surface area (Å²) in [5, 5.41) is 16.2. The molecule has 8 heteroatoms. The number of pyridine rings is 1. The van der Waals surface area contributed by atoms with E-state index in [2.05, 4.69) is 33.9 Å². The molecule has 2 heterocycles. The molecule has 0 bridgehead atoms. The molecule has 0 spiro atoms. The Kier molecular flexibility index (Phi) is 5.29. The third-order valence-corrected chi connectivity index (χ3v) is 5.18. The molecule has 2 aromatic carbocycles. The lowest BCUT2D eigenvalue weighted by atomic mass is 10.1. The summed E-state index contributed by atoms with van der Waals surface area (Å²) >= 11 is 0. The van der Waals surface area contributed by atoms with Crippen LogP contribution in [0.1, 0.15) is 19.5 Å². The van der Waals surface area contributed by atoms with Crippen molar-refractivity contribution in [1.29, 1.82) is 0 Å². The molecule has 0 saturated carbocycles. The quantitative estimate of drug-likeness (QED) is 0.357. The zero-order chi connectivity index (χ0) is 22.1. The first-order valence-electron chi connectivity index (χ1n) is 9.99. The van der Waals surface area contributed by atoms with Crippen molar-refractivity contribution >= 4 is 39.2 Å². The fourth-order valence-corrected chi connectivity index (χ4v) is 3.71. The van der Waals surface area contributed by atoms with Gasteiger partial charge in [-0.3, -0.25) is 4.79 Å². The number of amides is 1. The highest BCUT2D eigenvalue weighted by atomic mass is 16.6. The summed E-state index contributed by atoms with van der Waals surface area (Å²) in [7, 11) is 0. The van der Waals surface area contributed by atoms with Gasteiger partial charge in [-0.1, -0.05) is 18.2 Å². The molecule has 1 atom stereocenters. The lowest BCUT2D eigenvalue weighted by Crippen LogP contribution is -2.30. The molecule has 8 nitrogen and oxygen atoms in total. The van der Waals surface area contributed by atoms with Gasteiger partial charge >= 0.3 is 5.82 Å². The van der Waals surface area contributed by atoms with Crippen LogP contribution in [-0.2, 0) is 11.3 Å². The Labute approximate surface area is 178 Å². The average molecular weight is 418 g/mol. The number of hydrogen-bond acceptors (Lipinski definition) is 5. The second-order valence-corrected chi connectivity index (χ2v) is 7.27.